The smallest absolute Gasteiger partial charge is 0.252 e. The van der Waals surface area contributed by atoms with Gasteiger partial charge in [-0.2, -0.15) is 0 Å². The van der Waals surface area contributed by atoms with E-state index >= 15 is 0 Å². The molecule has 106 valence electrons. The minimum atomic E-state index is -1.08. The molecule has 2 atom stereocenters. The molecule has 7 heteroatoms. The highest BCUT2D eigenvalue weighted by molar-refractivity contribution is 9.10. The standard InChI is InChI=1S/C12H14BrFN2O2.ClH/c13-7-1-2-10(8(5-7)12(15)17)18-11-3-4-16-6-9(11)14;/h1-2,5,9,11,16H,3-4,6H2,(H2,15,17);1H/t9-,11+;/m1./s1. The first-order valence-corrected chi connectivity index (χ1v) is 6.48. The van der Waals surface area contributed by atoms with Crippen molar-refractivity contribution in [2.24, 2.45) is 5.73 Å². The van der Waals surface area contributed by atoms with Crippen LogP contribution in [0.25, 0.3) is 0 Å². The monoisotopic (exact) mass is 352 g/mol. The summed E-state index contributed by atoms with van der Waals surface area (Å²) < 4.78 is 19.9. The first-order valence-electron chi connectivity index (χ1n) is 5.68. The maximum Gasteiger partial charge on any atom is 0.252 e. The summed E-state index contributed by atoms with van der Waals surface area (Å²) in [6.45, 7) is 0.973. The summed E-state index contributed by atoms with van der Waals surface area (Å²) in [4.78, 5) is 11.3. The van der Waals surface area contributed by atoms with Crippen molar-refractivity contribution in [3.8, 4) is 5.75 Å². The fourth-order valence-corrected chi connectivity index (χ4v) is 2.25. The highest BCUT2D eigenvalue weighted by atomic mass is 79.9. The molecule has 4 nitrogen and oxygen atoms in total. The Kier molecular flexibility index (Phi) is 6.03. The molecule has 0 radical (unpaired) electrons. The Morgan fingerprint density at radius 2 is 2.26 bits per heavy atom. The van der Waals surface area contributed by atoms with Crippen molar-refractivity contribution in [3.05, 3.63) is 28.2 Å². The summed E-state index contributed by atoms with van der Waals surface area (Å²) >= 11 is 3.25. The summed E-state index contributed by atoms with van der Waals surface area (Å²) in [5, 5.41) is 2.94. The molecule has 1 aromatic rings. The molecular weight excluding hydrogens is 338 g/mol. The van der Waals surface area contributed by atoms with Crippen molar-refractivity contribution in [3.63, 3.8) is 0 Å². The molecule has 2 rings (SSSR count). The molecule has 1 aliphatic heterocycles. The van der Waals surface area contributed by atoms with Crippen molar-refractivity contribution in [2.75, 3.05) is 13.1 Å². The van der Waals surface area contributed by atoms with Gasteiger partial charge in [0.1, 0.15) is 18.0 Å². The minimum Gasteiger partial charge on any atom is -0.486 e. The number of primary amides is 1. The van der Waals surface area contributed by atoms with E-state index < -0.39 is 18.2 Å². The molecule has 0 aliphatic carbocycles. The van der Waals surface area contributed by atoms with Gasteiger partial charge in [0.05, 0.1) is 5.56 Å². The molecule has 3 N–H and O–H groups in total. The molecule has 0 aromatic heterocycles. The van der Waals surface area contributed by atoms with E-state index in [1.807, 2.05) is 0 Å². The Labute approximate surface area is 125 Å². The van der Waals surface area contributed by atoms with Gasteiger partial charge in [-0.25, -0.2) is 4.39 Å². The Morgan fingerprint density at radius 1 is 1.53 bits per heavy atom. The number of benzene rings is 1. The maximum atomic E-state index is 13.6. The molecule has 0 spiro atoms. The van der Waals surface area contributed by atoms with E-state index in [0.717, 1.165) is 4.47 Å². The molecule has 0 unspecified atom stereocenters. The summed E-state index contributed by atoms with van der Waals surface area (Å²) in [6.07, 6.45) is -1.05. The molecule has 1 aliphatic rings. The summed E-state index contributed by atoms with van der Waals surface area (Å²) in [5.41, 5.74) is 5.54. The molecule has 19 heavy (non-hydrogen) atoms. The second-order valence-electron chi connectivity index (χ2n) is 4.17. The van der Waals surface area contributed by atoms with E-state index in [1.165, 1.54) is 0 Å². The first-order chi connectivity index (χ1) is 8.58. The molecular formula is C12H15BrClFN2O2. The average molecular weight is 354 g/mol. The Bertz CT molecular complexity index is 461. The van der Waals surface area contributed by atoms with Gasteiger partial charge in [0, 0.05) is 11.0 Å². The topological polar surface area (TPSA) is 64.4 Å². The number of carbonyl (C=O) groups excluding carboxylic acids is 1. The number of nitrogens with two attached hydrogens (primary N) is 1. The van der Waals surface area contributed by atoms with Crippen molar-refractivity contribution < 1.29 is 13.9 Å². The number of carbonyl (C=O) groups is 1. The van der Waals surface area contributed by atoms with Gasteiger partial charge in [0.15, 0.2) is 0 Å². The normalized spacial score (nSPS) is 22.4. The third-order valence-corrected chi connectivity index (χ3v) is 3.33. The minimum absolute atomic E-state index is 0. The van der Waals surface area contributed by atoms with Gasteiger partial charge in [0.2, 0.25) is 0 Å². The highest BCUT2D eigenvalue weighted by Crippen LogP contribution is 2.26. The second-order valence-corrected chi connectivity index (χ2v) is 5.09. The number of nitrogens with one attached hydrogen (secondary N) is 1. The van der Waals surface area contributed by atoms with Crippen molar-refractivity contribution >= 4 is 34.2 Å². The summed E-state index contributed by atoms with van der Waals surface area (Å²) in [5.74, 6) is -0.254. The van der Waals surface area contributed by atoms with E-state index in [9.17, 15) is 9.18 Å². The second kappa shape index (κ2) is 7.07. The van der Waals surface area contributed by atoms with Crippen LogP contribution in [0.3, 0.4) is 0 Å². The SMILES string of the molecule is Cl.NC(=O)c1cc(Br)ccc1O[C@H]1CCNC[C@H]1F. The number of hydrogen-bond donors (Lipinski definition) is 2. The number of ether oxygens (including phenoxy) is 1. The van der Waals surface area contributed by atoms with E-state index in [1.54, 1.807) is 18.2 Å². The Morgan fingerprint density at radius 3 is 2.89 bits per heavy atom. The van der Waals surface area contributed by atoms with Gasteiger partial charge in [-0.15, -0.1) is 12.4 Å². The number of piperidine rings is 1. The third-order valence-electron chi connectivity index (χ3n) is 2.83. The Balaban J connectivity index is 0.00000180. The van der Waals surface area contributed by atoms with E-state index in [0.29, 0.717) is 18.7 Å². The van der Waals surface area contributed by atoms with Gasteiger partial charge >= 0.3 is 0 Å². The first kappa shape index (κ1) is 16.2. The van der Waals surface area contributed by atoms with Crippen LogP contribution in [-0.4, -0.2) is 31.3 Å². The third kappa shape index (κ3) is 4.06. The van der Waals surface area contributed by atoms with Crippen molar-refractivity contribution in [2.45, 2.75) is 18.7 Å². The van der Waals surface area contributed by atoms with Crippen LogP contribution >= 0.6 is 28.3 Å². The largest absolute Gasteiger partial charge is 0.486 e. The number of rotatable bonds is 3. The predicted molar refractivity (Wildman–Crippen MR) is 76.7 cm³/mol. The van der Waals surface area contributed by atoms with E-state index in [2.05, 4.69) is 21.2 Å². The summed E-state index contributed by atoms with van der Waals surface area (Å²) in [7, 11) is 0. The lowest BCUT2D eigenvalue weighted by molar-refractivity contribution is 0.0713. The molecule has 1 heterocycles. The molecule has 1 fully saturated rings. The zero-order valence-corrected chi connectivity index (χ0v) is 12.5. The van der Waals surface area contributed by atoms with E-state index in [4.69, 9.17) is 10.5 Å². The lowest BCUT2D eigenvalue weighted by Gasteiger charge is -2.28. The number of halogens is 3. The average Bonchev–Trinajstić information content (AvgIpc) is 2.34. The lowest BCUT2D eigenvalue weighted by atomic mass is 10.1. The molecule has 1 amide bonds. The summed E-state index contributed by atoms with van der Waals surface area (Å²) in [6, 6.07) is 4.93. The van der Waals surface area contributed by atoms with Crippen LogP contribution in [0, 0.1) is 0 Å². The van der Waals surface area contributed by atoms with Gasteiger partial charge in [-0.05, 0) is 31.2 Å². The van der Waals surface area contributed by atoms with Gasteiger partial charge in [0.25, 0.3) is 5.91 Å². The van der Waals surface area contributed by atoms with Crippen LogP contribution in [0.2, 0.25) is 0 Å². The zero-order valence-electron chi connectivity index (χ0n) is 10.1. The highest BCUT2D eigenvalue weighted by Gasteiger charge is 2.27. The fraction of sp³-hybridized carbons (Fsp3) is 0.417. The van der Waals surface area contributed by atoms with Gasteiger partial charge in [-0.1, -0.05) is 15.9 Å². The number of alkyl halides is 1. The van der Waals surface area contributed by atoms with E-state index in [-0.39, 0.29) is 24.5 Å². The molecule has 1 aromatic carbocycles. The zero-order chi connectivity index (χ0) is 13.1. The van der Waals surface area contributed by atoms with Crippen LogP contribution < -0.4 is 15.8 Å². The van der Waals surface area contributed by atoms with Crippen LogP contribution in [0.5, 0.6) is 5.75 Å². The quantitative estimate of drug-likeness (QED) is 0.874. The molecule has 0 saturated carbocycles. The van der Waals surface area contributed by atoms with Crippen molar-refractivity contribution in [1.29, 1.82) is 0 Å². The number of amides is 1. The number of hydrogen-bond acceptors (Lipinski definition) is 3. The molecule has 1 saturated heterocycles. The van der Waals surface area contributed by atoms with Crippen LogP contribution in [0.15, 0.2) is 22.7 Å². The van der Waals surface area contributed by atoms with Crippen LogP contribution in [-0.2, 0) is 0 Å². The predicted octanol–water partition coefficient (Wildman–Crippen LogP) is 2.05. The lowest BCUT2D eigenvalue weighted by Crippen LogP contribution is -2.44. The van der Waals surface area contributed by atoms with Crippen molar-refractivity contribution in [1.82, 2.24) is 5.32 Å². The van der Waals surface area contributed by atoms with Gasteiger partial charge in [-0.3, -0.25) is 4.79 Å². The maximum absolute atomic E-state index is 13.6. The Hall–Kier alpha value is -0.850. The molecule has 0 bridgehead atoms. The van der Waals surface area contributed by atoms with Crippen LogP contribution in [0.1, 0.15) is 16.8 Å². The fourth-order valence-electron chi connectivity index (χ4n) is 1.89. The van der Waals surface area contributed by atoms with Crippen LogP contribution in [0.4, 0.5) is 4.39 Å². The van der Waals surface area contributed by atoms with Gasteiger partial charge < -0.3 is 15.8 Å².